The van der Waals surface area contributed by atoms with Crippen molar-refractivity contribution in [3.05, 3.63) is 28.2 Å². The highest BCUT2D eigenvalue weighted by atomic mass is 35.5. The summed E-state index contributed by atoms with van der Waals surface area (Å²) in [6.07, 6.45) is 1.79. The predicted molar refractivity (Wildman–Crippen MR) is 82.4 cm³/mol. The Morgan fingerprint density at radius 1 is 1.43 bits per heavy atom. The smallest absolute Gasteiger partial charge is 0.257 e. The molecule has 2 N–H and O–H groups in total. The lowest BCUT2D eigenvalue weighted by molar-refractivity contribution is 0.0774. The van der Waals surface area contributed by atoms with E-state index in [1.807, 2.05) is 24.1 Å². The monoisotopic (exact) mass is 322 g/mol. The summed E-state index contributed by atoms with van der Waals surface area (Å²) in [6, 6.07) is 4.02. The van der Waals surface area contributed by atoms with Gasteiger partial charge in [-0.25, -0.2) is 0 Å². The summed E-state index contributed by atoms with van der Waals surface area (Å²) in [7, 11) is 1.83. The van der Waals surface area contributed by atoms with Gasteiger partial charge in [0.15, 0.2) is 0 Å². The number of piperidine rings is 1. The van der Waals surface area contributed by atoms with Crippen molar-refractivity contribution in [3.63, 3.8) is 0 Å². The van der Waals surface area contributed by atoms with Crippen LogP contribution in [0.1, 0.15) is 10.4 Å². The lowest BCUT2D eigenvalue weighted by Gasteiger charge is -2.18. The molecule has 0 radical (unpaired) electrons. The summed E-state index contributed by atoms with van der Waals surface area (Å²) in [4.78, 5) is 15.6. The molecule has 110 valence electrons. The fourth-order valence-electron chi connectivity index (χ4n) is 3.18. The van der Waals surface area contributed by atoms with Crippen LogP contribution in [0.2, 0.25) is 4.34 Å². The SMILES string of the molecule is Cn1cc(C(=O)N2C[C@@H]3C(N)[C@@H]3C2)c(-c2ccc(Cl)s2)n1. The minimum absolute atomic E-state index is 0.0435. The highest BCUT2D eigenvalue weighted by molar-refractivity contribution is 7.19. The van der Waals surface area contributed by atoms with E-state index in [4.69, 9.17) is 17.3 Å². The zero-order valence-electron chi connectivity index (χ0n) is 11.5. The van der Waals surface area contributed by atoms with Crippen LogP contribution >= 0.6 is 22.9 Å². The molecule has 2 aliphatic rings. The topological polar surface area (TPSA) is 64.2 Å². The molecule has 1 saturated carbocycles. The highest BCUT2D eigenvalue weighted by Gasteiger charge is 2.54. The van der Waals surface area contributed by atoms with Gasteiger partial charge >= 0.3 is 0 Å². The number of likely N-dealkylation sites (tertiary alicyclic amines) is 1. The van der Waals surface area contributed by atoms with Gasteiger partial charge in [0, 0.05) is 32.4 Å². The molecule has 1 aliphatic carbocycles. The third kappa shape index (κ3) is 2.09. The molecule has 0 spiro atoms. The highest BCUT2D eigenvalue weighted by Crippen LogP contribution is 2.44. The van der Waals surface area contributed by atoms with Gasteiger partial charge in [-0.2, -0.15) is 5.10 Å². The molecular weight excluding hydrogens is 308 g/mol. The second-order valence-electron chi connectivity index (χ2n) is 5.78. The van der Waals surface area contributed by atoms with E-state index in [2.05, 4.69) is 5.10 Å². The van der Waals surface area contributed by atoms with Gasteiger partial charge in [-0.3, -0.25) is 9.48 Å². The van der Waals surface area contributed by atoms with E-state index >= 15 is 0 Å². The molecule has 2 fully saturated rings. The van der Waals surface area contributed by atoms with Crippen molar-refractivity contribution in [3.8, 4) is 10.6 Å². The maximum Gasteiger partial charge on any atom is 0.257 e. The summed E-state index contributed by atoms with van der Waals surface area (Å²) in [5.74, 6) is 1.03. The van der Waals surface area contributed by atoms with Gasteiger partial charge in [-0.1, -0.05) is 11.6 Å². The second-order valence-corrected chi connectivity index (χ2v) is 7.50. The molecule has 3 heterocycles. The number of carbonyl (C=O) groups excluding carboxylic acids is 1. The van der Waals surface area contributed by atoms with E-state index < -0.39 is 0 Å². The van der Waals surface area contributed by atoms with Crippen molar-refractivity contribution in [1.29, 1.82) is 0 Å². The van der Waals surface area contributed by atoms with Gasteiger partial charge in [-0.15, -0.1) is 11.3 Å². The third-order valence-electron chi connectivity index (χ3n) is 4.41. The summed E-state index contributed by atoms with van der Waals surface area (Å²) in [6.45, 7) is 1.54. The van der Waals surface area contributed by atoms with E-state index in [0.717, 1.165) is 18.0 Å². The lowest BCUT2D eigenvalue weighted by Crippen LogP contribution is -2.33. The van der Waals surface area contributed by atoms with Gasteiger partial charge in [0.1, 0.15) is 5.69 Å². The number of amides is 1. The first kappa shape index (κ1) is 13.3. The van der Waals surface area contributed by atoms with Crippen LogP contribution in [-0.4, -0.2) is 39.7 Å². The van der Waals surface area contributed by atoms with Crippen LogP contribution in [0.4, 0.5) is 0 Å². The first-order valence-electron chi connectivity index (χ1n) is 6.89. The largest absolute Gasteiger partial charge is 0.338 e. The van der Waals surface area contributed by atoms with Crippen molar-refractivity contribution in [2.24, 2.45) is 24.6 Å². The first-order chi connectivity index (χ1) is 10.0. The van der Waals surface area contributed by atoms with Crippen LogP contribution in [0, 0.1) is 11.8 Å². The predicted octanol–water partition coefficient (Wildman–Crippen LogP) is 1.83. The normalized spacial score (nSPS) is 27.0. The Morgan fingerprint density at radius 2 is 2.14 bits per heavy atom. The van der Waals surface area contributed by atoms with Crippen LogP contribution in [0.3, 0.4) is 0 Å². The van der Waals surface area contributed by atoms with Gasteiger partial charge in [0.05, 0.1) is 14.8 Å². The number of carbonyl (C=O) groups is 1. The number of fused-ring (bicyclic) bond motifs is 1. The van der Waals surface area contributed by atoms with Gasteiger partial charge in [0.25, 0.3) is 5.91 Å². The molecule has 0 aromatic carbocycles. The van der Waals surface area contributed by atoms with Crippen molar-refractivity contribution in [1.82, 2.24) is 14.7 Å². The van der Waals surface area contributed by atoms with E-state index in [0.29, 0.717) is 33.5 Å². The number of aryl methyl sites for hydroxylation is 1. The van der Waals surface area contributed by atoms with E-state index in [1.54, 1.807) is 10.9 Å². The minimum Gasteiger partial charge on any atom is -0.338 e. The van der Waals surface area contributed by atoms with E-state index in [-0.39, 0.29) is 5.91 Å². The molecule has 4 rings (SSSR count). The molecule has 3 atom stereocenters. The number of hydrogen-bond acceptors (Lipinski definition) is 4. The Balaban J connectivity index is 1.64. The molecule has 7 heteroatoms. The summed E-state index contributed by atoms with van der Waals surface area (Å²) in [5.41, 5.74) is 7.29. The standard InChI is InChI=1S/C14H15ClN4OS/c1-18-4-9(13(17-18)10-2-3-11(15)21-10)14(20)19-5-7-8(6-19)12(7)16/h2-4,7-8,12H,5-6,16H2,1H3/t7-,8+,12?. The Labute approximate surface area is 131 Å². The Hall–Kier alpha value is -1.37. The minimum atomic E-state index is 0.0435. The number of halogens is 1. The van der Waals surface area contributed by atoms with Crippen molar-refractivity contribution in [2.45, 2.75) is 6.04 Å². The quantitative estimate of drug-likeness (QED) is 0.917. The maximum atomic E-state index is 12.7. The fourth-order valence-corrected chi connectivity index (χ4v) is 4.22. The molecule has 5 nitrogen and oxygen atoms in total. The maximum absolute atomic E-state index is 12.7. The zero-order valence-corrected chi connectivity index (χ0v) is 13.1. The van der Waals surface area contributed by atoms with Crippen molar-refractivity contribution >= 4 is 28.8 Å². The Bertz CT molecular complexity index is 712. The molecule has 1 unspecified atom stereocenters. The summed E-state index contributed by atoms with van der Waals surface area (Å²) < 4.78 is 2.38. The molecule has 2 aromatic rings. The molecule has 1 amide bonds. The number of nitrogens with two attached hydrogens (primary N) is 1. The molecule has 1 aliphatic heterocycles. The number of nitrogens with zero attached hydrogens (tertiary/aromatic N) is 3. The zero-order chi connectivity index (χ0) is 14.7. The van der Waals surface area contributed by atoms with Crippen LogP contribution in [0.25, 0.3) is 10.6 Å². The van der Waals surface area contributed by atoms with Crippen LogP contribution in [-0.2, 0) is 7.05 Å². The second kappa shape index (κ2) is 4.56. The lowest BCUT2D eigenvalue weighted by atomic mass is 10.2. The molecular formula is C14H15ClN4OS. The van der Waals surface area contributed by atoms with Crippen molar-refractivity contribution in [2.75, 3.05) is 13.1 Å². The number of rotatable bonds is 2. The van der Waals surface area contributed by atoms with E-state index in [1.165, 1.54) is 11.3 Å². The fraction of sp³-hybridized carbons (Fsp3) is 0.429. The van der Waals surface area contributed by atoms with Crippen molar-refractivity contribution < 1.29 is 4.79 Å². The summed E-state index contributed by atoms with van der Waals surface area (Å²) in [5, 5.41) is 4.43. The van der Waals surface area contributed by atoms with Crippen LogP contribution in [0.15, 0.2) is 18.3 Å². The number of aromatic nitrogens is 2. The Morgan fingerprint density at radius 3 is 2.76 bits per heavy atom. The number of hydrogen-bond donors (Lipinski definition) is 1. The average molecular weight is 323 g/mol. The molecule has 2 aromatic heterocycles. The first-order valence-corrected chi connectivity index (χ1v) is 8.08. The molecule has 0 bridgehead atoms. The molecule has 21 heavy (non-hydrogen) atoms. The average Bonchev–Trinajstić information content (AvgIpc) is 2.95. The molecule has 1 saturated heterocycles. The van der Waals surface area contributed by atoms with Gasteiger partial charge in [0.2, 0.25) is 0 Å². The third-order valence-corrected chi connectivity index (χ3v) is 5.65. The van der Waals surface area contributed by atoms with Crippen LogP contribution < -0.4 is 5.73 Å². The van der Waals surface area contributed by atoms with Gasteiger partial charge in [-0.05, 0) is 24.0 Å². The van der Waals surface area contributed by atoms with Crippen LogP contribution in [0.5, 0.6) is 0 Å². The Kier molecular flexibility index (Phi) is 2.89. The van der Waals surface area contributed by atoms with Gasteiger partial charge < -0.3 is 10.6 Å². The summed E-state index contributed by atoms with van der Waals surface area (Å²) >= 11 is 7.43. The number of thiophene rings is 1. The van der Waals surface area contributed by atoms with E-state index in [9.17, 15) is 4.79 Å².